The summed E-state index contributed by atoms with van der Waals surface area (Å²) in [6.45, 7) is 4.26. The van der Waals surface area contributed by atoms with Gasteiger partial charge >= 0.3 is 22.1 Å². The van der Waals surface area contributed by atoms with Crippen LogP contribution in [0.3, 0.4) is 0 Å². The average Bonchev–Trinajstić information content (AvgIpc) is 2.80. The molecule has 0 amide bonds. The number of esters is 1. The quantitative estimate of drug-likeness (QED) is 0.0723. The summed E-state index contributed by atoms with van der Waals surface area (Å²) < 4.78 is 67.5. The van der Waals surface area contributed by atoms with Gasteiger partial charge in [0.1, 0.15) is 0 Å². The van der Waals surface area contributed by atoms with Crippen molar-refractivity contribution in [1.29, 1.82) is 0 Å². The van der Waals surface area contributed by atoms with Gasteiger partial charge in [0.25, 0.3) is 10.1 Å². The van der Waals surface area contributed by atoms with Gasteiger partial charge in [0.15, 0.2) is 10.5 Å². The zero-order chi connectivity index (χ0) is 27.5. The molecule has 0 aromatic carbocycles. The van der Waals surface area contributed by atoms with Gasteiger partial charge in [0.05, 0.1) is 7.11 Å². The number of methoxy groups -OCH3 is 1. The smallest absolute Gasteiger partial charge is 0.342 e. The molecule has 0 rings (SSSR count). The minimum atomic E-state index is -4.88. The summed E-state index contributed by atoms with van der Waals surface area (Å²) in [5, 5.41) is -3.76. The molecule has 0 aliphatic rings. The molecule has 0 aromatic rings. The zero-order valence-corrected chi connectivity index (χ0v) is 24.0. The lowest BCUT2D eigenvalue weighted by atomic mass is 10.1. The highest BCUT2D eigenvalue weighted by Gasteiger charge is 2.41. The van der Waals surface area contributed by atoms with Crippen molar-refractivity contribution in [2.45, 2.75) is 140 Å². The topological polar surface area (TPSA) is 141 Å². The molecule has 214 valence electrons. The van der Waals surface area contributed by atoms with Gasteiger partial charge < -0.3 is 8.92 Å². The molecule has 9 nitrogen and oxygen atoms in total. The van der Waals surface area contributed by atoms with E-state index in [0.717, 1.165) is 77.7 Å². The van der Waals surface area contributed by atoms with Crippen LogP contribution in [-0.4, -0.2) is 50.9 Å². The summed E-state index contributed by atoms with van der Waals surface area (Å²) in [6, 6.07) is 0. The van der Waals surface area contributed by atoms with Crippen LogP contribution in [0.5, 0.6) is 0 Å². The van der Waals surface area contributed by atoms with E-state index in [1.54, 1.807) is 0 Å². The van der Waals surface area contributed by atoms with Crippen LogP contribution in [0.1, 0.15) is 129 Å². The molecule has 11 heteroatoms. The Kier molecular flexibility index (Phi) is 19.2. The average molecular weight is 557 g/mol. The number of ether oxygens (including phenoxy) is 1. The first-order chi connectivity index (χ1) is 17.0. The molecule has 0 saturated carbocycles. The highest BCUT2D eigenvalue weighted by atomic mass is 32.2. The first kappa shape index (κ1) is 34.8. The third-order valence-electron chi connectivity index (χ3n) is 6.27. The van der Waals surface area contributed by atoms with Crippen LogP contribution in [0.2, 0.25) is 0 Å². The molecular weight excluding hydrogens is 508 g/mol. The maximum atomic E-state index is 12.7. The van der Waals surface area contributed by atoms with E-state index in [9.17, 15) is 31.0 Å². The van der Waals surface area contributed by atoms with Crippen molar-refractivity contribution in [1.82, 2.24) is 0 Å². The summed E-state index contributed by atoms with van der Waals surface area (Å²) in [4.78, 5) is 24.6. The van der Waals surface area contributed by atoms with E-state index in [-0.39, 0.29) is 12.8 Å². The number of carbonyl (C=O) groups is 2. The van der Waals surface area contributed by atoms with Crippen molar-refractivity contribution in [2.75, 3.05) is 7.11 Å². The van der Waals surface area contributed by atoms with Gasteiger partial charge in [-0.1, -0.05) is 117 Å². The Morgan fingerprint density at radius 3 is 1.33 bits per heavy atom. The van der Waals surface area contributed by atoms with Gasteiger partial charge in [0.2, 0.25) is 0 Å². The Morgan fingerprint density at radius 1 is 0.611 bits per heavy atom. The van der Waals surface area contributed by atoms with Crippen molar-refractivity contribution < 1.29 is 39.9 Å². The van der Waals surface area contributed by atoms with E-state index in [2.05, 4.69) is 22.8 Å². The van der Waals surface area contributed by atoms with E-state index in [0.29, 0.717) is 25.7 Å². The minimum absolute atomic E-state index is 0.105. The molecule has 0 radical (unpaired) electrons. The largest absolute Gasteiger partial charge is 0.468 e. The predicted octanol–water partition coefficient (Wildman–Crippen LogP) is 5.72. The van der Waals surface area contributed by atoms with Gasteiger partial charge in [-0.05, 0) is 12.8 Å². The molecule has 2 atom stereocenters. The van der Waals surface area contributed by atoms with Crippen molar-refractivity contribution >= 4 is 32.2 Å². The molecule has 0 heterocycles. The fraction of sp³-hybridized carbons (Fsp3) is 0.920. The number of carbonyl (C=O) groups excluding carboxylic acids is 2. The lowest BCUT2D eigenvalue weighted by Crippen LogP contribution is -2.39. The Balaban J connectivity index is 4.88. The minimum Gasteiger partial charge on any atom is -0.468 e. The lowest BCUT2D eigenvalue weighted by molar-refractivity contribution is -0.140. The Bertz CT molecular complexity index is 807. The summed E-state index contributed by atoms with van der Waals surface area (Å²) in [5.41, 5.74) is 0. The first-order valence-electron chi connectivity index (χ1n) is 13.5. The van der Waals surface area contributed by atoms with Crippen LogP contribution in [0.4, 0.5) is 0 Å². The second kappa shape index (κ2) is 19.9. The molecule has 0 spiro atoms. The summed E-state index contributed by atoms with van der Waals surface area (Å²) >= 11 is 0. The maximum Gasteiger partial charge on any atom is 0.342 e. The second-order valence-electron chi connectivity index (χ2n) is 9.44. The van der Waals surface area contributed by atoms with E-state index < -0.39 is 42.7 Å². The number of hydrogen-bond donors (Lipinski definition) is 1. The van der Waals surface area contributed by atoms with Crippen LogP contribution >= 0.6 is 0 Å². The second-order valence-corrected chi connectivity index (χ2v) is 12.8. The molecule has 0 fully saturated rings. The fourth-order valence-corrected chi connectivity index (χ4v) is 6.12. The molecule has 0 aromatic heterocycles. The van der Waals surface area contributed by atoms with Crippen LogP contribution in [-0.2, 0) is 38.7 Å². The van der Waals surface area contributed by atoms with E-state index in [1.807, 2.05) is 0 Å². The zero-order valence-electron chi connectivity index (χ0n) is 22.4. The van der Waals surface area contributed by atoms with E-state index in [4.69, 9.17) is 0 Å². The van der Waals surface area contributed by atoms with E-state index in [1.165, 1.54) is 6.42 Å². The molecule has 0 aliphatic carbocycles. The summed E-state index contributed by atoms with van der Waals surface area (Å²) in [5.74, 6) is -2.66. The monoisotopic (exact) mass is 556 g/mol. The first-order valence-corrected chi connectivity index (χ1v) is 16.5. The van der Waals surface area contributed by atoms with Gasteiger partial charge in [-0.25, -0.2) is 4.79 Å². The normalized spacial score (nSPS) is 13.8. The van der Waals surface area contributed by atoms with E-state index >= 15 is 0 Å². The van der Waals surface area contributed by atoms with Crippen molar-refractivity contribution in [3.05, 3.63) is 0 Å². The standard InChI is InChI=1S/C25H48O9S2/c1-4-6-8-10-12-14-16-18-20-22(35(28,29)30)25(27)34-36(31,32)23(24(26)33-3)21-19-17-15-13-11-9-7-5-2/h22-23H,4-21H2,1-3H3,(H,28,29,30). The Hall–Kier alpha value is -1.20. The fourth-order valence-electron chi connectivity index (χ4n) is 4.05. The molecule has 0 bridgehead atoms. The maximum absolute atomic E-state index is 12.7. The molecule has 2 unspecified atom stereocenters. The summed E-state index contributed by atoms with van der Waals surface area (Å²) in [7, 11) is -8.64. The SMILES string of the molecule is CCCCCCCCCCC(C(=O)OS(=O)(=O)C(CCCCCCCCCC)C(=O)OC)S(=O)(=O)O. The number of unbranched alkanes of at least 4 members (excludes halogenated alkanes) is 14. The van der Waals surface area contributed by atoms with Crippen LogP contribution in [0, 0.1) is 0 Å². The number of hydrogen-bond acceptors (Lipinski definition) is 8. The molecule has 0 saturated heterocycles. The van der Waals surface area contributed by atoms with Crippen LogP contribution in [0.15, 0.2) is 0 Å². The Morgan fingerprint density at radius 2 is 0.972 bits per heavy atom. The lowest BCUT2D eigenvalue weighted by Gasteiger charge is -2.17. The van der Waals surface area contributed by atoms with Gasteiger partial charge in [-0.3, -0.25) is 9.35 Å². The molecule has 0 aliphatic heterocycles. The van der Waals surface area contributed by atoms with Crippen molar-refractivity contribution in [3.63, 3.8) is 0 Å². The molecular formula is C25H48O9S2. The highest BCUT2D eigenvalue weighted by molar-refractivity contribution is 7.89. The van der Waals surface area contributed by atoms with Gasteiger partial charge in [-0.15, -0.1) is 0 Å². The number of rotatable bonds is 23. The summed E-state index contributed by atoms with van der Waals surface area (Å²) in [6.07, 6.45) is 14.5. The predicted molar refractivity (Wildman–Crippen MR) is 141 cm³/mol. The van der Waals surface area contributed by atoms with Gasteiger partial charge in [-0.2, -0.15) is 16.8 Å². The highest BCUT2D eigenvalue weighted by Crippen LogP contribution is 2.20. The van der Waals surface area contributed by atoms with Crippen LogP contribution < -0.4 is 0 Å². The molecule has 1 N–H and O–H groups in total. The van der Waals surface area contributed by atoms with Crippen molar-refractivity contribution in [2.24, 2.45) is 0 Å². The van der Waals surface area contributed by atoms with Gasteiger partial charge in [0, 0.05) is 0 Å². The Labute approximate surface area is 219 Å². The van der Waals surface area contributed by atoms with Crippen molar-refractivity contribution in [3.8, 4) is 0 Å². The third kappa shape index (κ3) is 15.8. The van der Waals surface area contributed by atoms with Crippen LogP contribution in [0.25, 0.3) is 0 Å². The third-order valence-corrected chi connectivity index (χ3v) is 8.94. The molecule has 36 heavy (non-hydrogen) atoms.